The van der Waals surface area contributed by atoms with Crippen molar-refractivity contribution in [3.63, 3.8) is 0 Å². The first-order valence-corrected chi connectivity index (χ1v) is 13.6. The summed E-state index contributed by atoms with van der Waals surface area (Å²) in [5.41, 5.74) is 0.274. The second-order valence-electron chi connectivity index (χ2n) is 10.3. The van der Waals surface area contributed by atoms with Crippen LogP contribution in [-0.2, 0) is 27.2 Å². The van der Waals surface area contributed by atoms with Gasteiger partial charge in [0.25, 0.3) is 5.91 Å². The summed E-state index contributed by atoms with van der Waals surface area (Å²) in [6, 6.07) is 3.00. The van der Waals surface area contributed by atoms with E-state index in [2.05, 4.69) is 22.8 Å². The van der Waals surface area contributed by atoms with E-state index >= 15 is 4.39 Å². The fourth-order valence-corrected chi connectivity index (χ4v) is 5.11. The van der Waals surface area contributed by atoms with Gasteiger partial charge in [0.1, 0.15) is 18.5 Å². The summed E-state index contributed by atoms with van der Waals surface area (Å²) < 4.78 is 33.6. The Hall–Kier alpha value is -2.33. The molecule has 10 heteroatoms. The lowest BCUT2D eigenvalue weighted by Crippen LogP contribution is -2.52. The van der Waals surface area contributed by atoms with Gasteiger partial charge < -0.3 is 25.4 Å². The van der Waals surface area contributed by atoms with Crippen LogP contribution in [0.5, 0.6) is 0 Å². The number of hydrogen-bond donors (Lipinski definition) is 3. The number of aromatic nitrogens is 1. The van der Waals surface area contributed by atoms with Crippen LogP contribution in [0.3, 0.4) is 0 Å². The number of anilines is 1. The Morgan fingerprint density at radius 1 is 1.22 bits per heavy atom. The molecule has 0 saturated heterocycles. The molecule has 1 aliphatic carbocycles. The number of nitrogens with zero attached hydrogens (tertiary/aromatic N) is 2. The van der Waals surface area contributed by atoms with E-state index in [1.165, 1.54) is 12.7 Å². The van der Waals surface area contributed by atoms with Crippen LogP contribution in [-0.4, -0.2) is 84.6 Å². The van der Waals surface area contributed by atoms with Crippen molar-refractivity contribution in [2.24, 2.45) is 0 Å². The number of nitrogens with one attached hydrogen (secondary N) is 2. The molecule has 0 radical (unpaired) electrons. The number of hydrogen-bond acceptors (Lipinski definition) is 6. The Bertz CT molecular complexity index is 878. The van der Waals surface area contributed by atoms with Gasteiger partial charge in [-0.25, -0.2) is 18.6 Å². The third kappa shape index (κ3) is 8.88. The van der Waals surface area contributed by atoms with Crippen molar-refractivity contribution in [3.8, 4) is 0 Å². The number of methoxy groups -OCH3 is 1. The number of unbranched alkanes of at least 4 members (excludes halogenated alkanes) is 1. The Kier molecular flexibility index (Phi) is 11.5. The summed E-state index contributed by atoms with van der Waals surface area (Å²) in [6.07, 6.45) is 6.50. The standard InChI is InChI=1S/C27H42F2N4O4/c1-37-22(18-28)19-33(16-6-3-9-21-11-10-20-8-7-15-30-24(20)31-21)17-12-23(25(34)35)32-26(36)27(29)13-4-2-5-14-27/h10-11,22-23H,2-9,12-19H2,1H3,(H,30,31)(H,32,36)(H,34,35). The van der Waals surface area contributed by atoms with Gasteiger partial charge in [0.2, 0.25) is 0 Å². The minimum atomic E-state index is -2.00. The lowest BCUT2D eigenvalue weighted by Gasteiger charge is -2.30. The SMILES string of the molecule is COC(CF)CN(CCCCc1ccc2c(n1)NCCC2)CCC(NC(=O)C1(F)CCCCC1)C(=O)O. The molecule has 1 saturated carbocycles. The first-order chi connectivity index (χ1) is 17.8. The molecule has 1 aromatic rings. The molecule has 2 heterocycles. The molecule has 0 bridgehead atoms. The Balaban J connectivity index is 1.51. The van der Waals surface area contributed by atoms with Crippen LogP contribution in [0.1, 0.15) is 69.0 Å². The fourth-order valence-electron chi connectivity index (χ4n) is 5.11. The molecule has 2 unspecified atom stereocenters. The number of amides is 1. The maximum atomic E-state index is 15.0. The average Bonchev–Trinajstić information content (AvgIpc) is 2.91. The Morgan fingerprint density at radius 2 is 2.00 bits per heavy atom. The van der Waals surface area contributed by atoms with Gasteiger partial charge in [0, 0.05) is 32.4 Å². The molecule has 0 spiro atoms. The highest BCUT2D eigenvalue weighted by atomic mass is 19.1. The molecule has 1 aliphatic heterocycles. The number of aliphatic carboxylic acids is 1. The largest absolute Gasteiger partial charge is 0.480 e. The van der Waals surface area contributed by atoms with Crippen molar-refractivity contribution < 1.29 is 28.2 Å². The molecule has 2 atom stereocenters. The summed E-state index contributed by atoms with van der Waals surface area (Å²) in [4.78, 5) is 31.1. The quantitative estimate of drug-likeness (QED) is 0.301. The van der Waals surface area contributed by atoms with E-state index in [9.17, 15) is 19.1 Å². The van der Waals surface area contributed by atoms with Crippen molar-refractivity contribution >= 4 is 17.7 Å². The van der Waals surface area contributed by atoms with Gasteiger partial charge in [-0.15, -0.1) is 0 Å². The molecule has 1 fully saturated rings. The van der Waals surface area contributed by atoms with E-state index in [0.717, 1.165) is 56.6 Å². The van der Waals surface area contributed by atoms with Crippen molar-refractivity contribution in [3.05, 3.63) is 23.4 Å². The molecule has 0 aromatic carbocycles. The van der Waals surface area contributed by atoms with Crippen molar-refractivity contribution in [2.45, 2.75) is 88.4 Å². The molecule has 208 valence electrons. The number of fused-ring (bicyclic) bond motifs is 1. The number of carbonyl (C=O) groups excluding carboxylic acids is 1. The molecule has 8 nitrogen and oxygen atoms in total. The number of carboxylic acid groups (broad SMARTS) is 1. The van der Waals surface area contributed by atoms with E-state index in [-0.39, 0.29) is 19.3 Å². The normalized spacial score (nSPS) is 18.5. The van der Waals surface area contributed by atoms with Gasteiger partial charge in [-0.3, -0.25) is 4.79 Å². The summed E-state index contributed by atoms with van der Waals surface area (Å²) >= 11 is 0. The van der Waals surface area contributed by atoms with Crippen LogP contribution >= 0.6 is 0 Å². The molecule has 37 heavy (non-hydrogen) atoms. The third-order valence-electron chi connectivity index (χ3n) is 7.47. The van der Waals surface area contributed by atoms with Crippen LogP contribution in [0.4, 0.5) is 14.6 Å². The number of carbonyl (C=O) groups is 2. The molecule has 2 aliphatic rings. The maximum Gasteiger partial charge on any atom is 0.326 e. The molecular formula is C27H42F2N4O4. The Morgan fingerprint density at radius 3 is 2.70 bits per heavy atom. The van der Waals surface area contributed by atoms with Crippen LogP contribution in [0, 0.1) is 0 Å². The van der Waals surface area contributed by atoms with Gasteiger partial charge in [-0.1, -0.05) is 12.5 Å². The number of ether oxygens (including phenoxy) is 1. The summed E-state index contributed by atoms with van der Waals surface area (Å²) in [6.45, 7) is 1.54. The average molecular weight is 525 g/mol. The third-order valence-corrected chi connectivity index (χ3v) is 7.47. The van der Waals surface area contributed by atoms with Gasteiger partial charge in [-0.05, 0) is 82.4 Å². The zero-order valence-electron chi connectivity index (χ0n) is 21.9. The molecular weight excluding hydrogens is 482 g/mol. The van der Waals surface area contributed by atoms with Gasteiger partial charge in [0.15, 0.2) is 5.67 Å². The predicted molar refractivity (Wildman–Crippen MR) is 138 cm³/mol. The van der Waals surface area contributed by atoms with Crippen LogP contribution in [0.15, 0.2) is 12.1 Å². The number of halogens is 2. The first kappa shape index (κ1) is 29.2. The monoisotopic (exact) mass is 524 g/mol. The minimum absolute atomic E-state index is 0.0952. The molecule has 1 aromatic heterocycles. The predicted octanol–water partition coefficient (Wildman–Crippen LogP) is 3.68. The fraction of sp³-hybridized carbons (Fsp3) is 0.741. The number of carboxylic acids is 1. The topological polar surface area (TPSA) is 104 Å². The lowest BCUT2D eigenvalue weighted by molar-refractivity contribution is -0.145. The van der Waals surface area contributed by atoms with Crippen molar-refractivity contribution in [1.82, 2.24) is 15.2 Å². The van der Waals surface area contributed by atoms with E-state index in [0.29, 0.717) is 32.5 Å². The van der Waals surface area contributed by atoms with E-state index in [1.807, 2.05) is 4.90 Å². The molecule has 1 amide bonds. The summed E-state index contributed by atoms with van der Waals surface area (Å²) in [5, 5.41) is 15.4. The first-order valence-electron chi connectivity index (χ1n) is 13.6. The molecule has 3 N–H and O–H groups in total. The molecule has 3 rings (SSSR count). The van der Waals surface area contributed by atoms with E-state index < -0.39 is 36.4 Å². The van der Waals surface area contributed by atoms with E-state index in [4.69, 9.17) is 9.72 Å². The zero-order valence-corrected chi connectivity index (χ0v) is 21.9. The van der Waals surface area contributed by atoms with E-state index in [1.54, 1.807) is 0 Å². The summed E-state index contributed by atoms with van der Waals surface area (Å²) in [5.74, 6) is -1.06. The highest BCUT2D eigenvalue weighted by Crippen LogP contribution is 2.32. The highest BCUT2D eigenvalue weighted by molar-refractivity contribution is 5.89. The van der Waals surface area contributed by atoms with Gasteiger partial charge in [0.05, 0.1) is 6.10 Å². The number of alkyl halides is 2. The van der Waals surface area contributed by atoms with Crippen molar-refractivity contribution in [2.75, 3.05) is 45.3 Å². The second kappa shape index (κ2) is 14.6. The van der Waals surface area contributed by atoms with Crippen LogP contribution in [0.25, 0.3) is 0 Å². The van der Waals surface area contributed by atoms with Gasteiger partial charge in [-0.2, -0.15) is 0 Å². The van der Waals surface area contributed by atoms with Crippen LogP contribution < -0.4 is 10.6 Å². The van der Waals surface area contributed by atoms with Crippen LogP contribution in [0.2, 0.25) is 0 Å². The highest BCUT2D eigenvalue weighted by Gasteiger charge is 2.41. The number of aryl methyl sites for hydroxylation is 2. The number of rotatable bonds is 15. The second-order valence-corrected chi connectivity index (χ2v) is 10.3. The maximum absolute atomic E-state index is 15.0. The lowest BCUT2D eigenvalue weighted by atomic mass is 9.85. The smallest absolute Gasteiger partial charge is 0.326 e. The Labute approximate surface area is 218 Å². The van der Waals surface area contributed by atoms with Gasteiger partial charge >= 0.3 is 5.97 Å². The number of pyridine rings is 1. The van der Waals surface area contributed by atoms with Crippen molar-refractivity contribution in [1.29, 1.82) is 0 Å². The zero-order chi connectivity index (χ0) is 26.7. The minimum Gasteiger partial charge on any atom is -0.480 e. The summed E-state index contributed by atoms with van der Waals surface area (Å²) in [7, 11) is 1.45.